The summed E-state index contributed by atoms with van der Waals surface area (Å²) in [4.78, 5) is 4.54. The summed E-state index contributed by atoms with van der Waals surface area (Å²) in [6.45, 7) is 0. The lowest BCUT2D eigenvalue weighted by Crippen LogP contribution is -2.36. The van der Waals surface area contributed by atoms with Gasteiger partial charge in [0.25, 0.3) is 5.17 Å². The number of hydrazine groups is 1. The number of hydroxylamine groups is 1. The third kappa shape index (κ3) is 3.79. The van der Waals surface area contributed by atoms with Crippen LogP contribution >= 0.6 is 12.2 Å². The highest BCUT2D eigenvalue weighted by Crippen LogP contribution is 1.71. The molecule has 0 aliphatic rings. The van der Waals surface area contributed by atoms with Crippen LogP contribution in [0.15, 0.2) is 0 Å². The fourth-order valence-electron chi connectivity index (χ4n) is 0.180. The van der Waals surface area contributed by atoms with Crippen LogP contribution in [0.5, 0.6) is 0 Å². The second-order valence-corrected chi connectivity index (χ2v) is 1.48. The minimum atomic E-state index is -0.311. The molecule has 8 heavy (non-hydrogen) atoms. The quantitative estimate of drug-likeness (QED) is 0.407. The molecule has 0 radical (unpaired) electrons. The van der Waals surface area contributed by atoms with Gasteiger partial charge in [-0.3, -0.25) is 10.3 Å². The standard InChI is InChI=1S/C3H8N2O2S/c1-5(7-2)4-3(6)8/h1-2H3,(H2,4,6,8). The van der Waals surface area contributed by atoms with E-state index in [4.69, 9.17) is 5.11 Å². The Balaban J connectivity index is 3.24. The second kappa shape index (κ2) is 3.59. The fourth-order valence-corrected chi connectivity index (χ4v) is 0.309. The maximum atomic E-state index is 8.35. The predicted molar refractivity (Wildman–Crippen MR) is 33.1 cm³/mol. The fraction of sp³-hybridized carbons (Fsp3) is 0.667. The van der Waals surface area contributed by atoms with Gasteiger partial charge in [0, 0.05) is 7.05 Å². The molecule has 0 aromatic heterocycles. The van der Waals surface area contributed by atoms with Crippen LogP contribution in [0.2, 0.25) is 0 Å². The van der Waals surface area contributed by atoms with Gasteiger partial charge in [-0.1, -0.05) is 0 Å². The smallest absolute Gasteiger partial charge is 0.270 e. The molecule has 0 heterocycles. The molecule has 0 rings (SSSR count). The zero-order chi connectivity index (χ0) is 6.57. The molecule has 0 saturated heterocycles. The van der Waals surface area contributed by atoms with Gasteiger partial charge in [-0.15, -0.1) is 5.17 Å². The number of thiocarbonyl (C=S) groups is 1. The van der Waals surface area contributed by atoms with Crippen molar-refractivity contribution in [3.8, 4) is 0 Å². The molecule has 0 bridgehead atoms. The Morgan fingerprint density at radius 1 is 1.88 bits per heavy atom. The van der Waals surface area contributed by atoms with Crippen molar-refractivity contribution >= 4 is 17.4 Å². The molecule has 0 aliphatic carbocycles. The monoisotopic (exact) mass is 136 g/mol. The molecule has 48 valence electrons. The van der Waals surface area contributed by atoms with Crippen molar-refractivity contribution in [2.24, 2.45) is 0 Å². The van der Waals surface area contributed by atoms with Crippen molar-refractivity contribution in [3.63, 3.8) is 0 Å². The van der Waals surface area contributed by atoms with E-state index in [1.807, 2.05) is 0 Å². The van der Waals surface area contributed by atoms with Crippen molar-refractivity contribution in [2.75, 3.05) is 14.2 Å². The van der Waals surface area contributed by atoms with Crippen LogP contribution < -0.4 is 5.43 Å². The van der Waals surface area contributed by atoms with E-state index in [0.717, 1.165) is 0 Å². The minimum Gasteiger partial charge on any atom is -0.486 e. The first kappa shape index (κ1) is 7.61. The van der Waals surface area contributed by atoms with E-state index >= 15 is 0 Å². The highest BCUT2D eigenvalue weighted by Gasteiger charge is 1.92. The van der Waals surface area contributed by atoms with E-state index in [1.54, 1.807) is 7.05 Å². The number of nitrogens with one attached hydrogen (secondary N) is 1. The Labute approximate surface area is 53.0 Å². The average molecular weight is 136 g/mol. The van der Waals surface area contributed by atoms with Gasteiger partial charge >= 0.3 is 0 Å². The molecule has 0 aromatic rings. The first-order chi connectivity index (χ1) is 3.66. The van der Waals surface area contributed by atoms with E-state index < -0.39 is 0 Å². The zero-order valence-corrected chi connectivity index (χ0v) is 5.53. The van der Waals surface area contributed by atoms with Crippen molar-refractivity contribution < 1.29 is 9.94 Å². The summed E-state index contributed by atoms with van der Waals surface area (Å²) in [7, 11) is 3.02. The molecule has 0 saturated carbocycles. The molecular formula is C3H8N2O2S. The number of hydrogen-bond acceptors (Lipinski definition) is 3. The summed E-state index contributed by atoms with van der Waals surface area (Å²) in [5, 5.41) is 9.22. The lowest BCUT2D eigenvalue weighted by Gasteiger charge is -2.12. The lowest BCUT2D eigenvalue weighted by molar-refractivity contribution is -0.135. The van der Waals surface area contributed by atoms with Crippen LogP contribution in [0.4, 0.5) is 0 Å². The Kier molecular flexibility index (Phi) is 3.42. The van der Waals surface area contributed by atoms with Crippen LogP contribution in [-0.2, 0) is 4.84 Å². The van der Waals surface area contributed by atoms with Gasteiger partial charge < -0.3 is 5.11 Å². The second-order valence-electron chi connectivity index (χ2n) is 1.10. The summed E-state index contributed by atoms with van der Waals surface area (Å²) in [5.74, 6) is 0. The van der Waals surface area contributed by atoms with Gasteiger partial charge in [0.2, 0.25) is 0 Å². The molecule has 0 fully saturated rings. The average Bonchev–Trinajstić information content (AvgIpc) is 1.65. The highest BCUT2D eigenvalue weighted by molar-refractivity contribution is 7.79. The zero-order valence-electron chi connectivity index (χ0n) is 4.71. The van der Waals surface area contributed by atoms with Gasteiger partial charge in [-0.05, 0) is 12.2 Å². The summed E-state index contributed by atoms with van der Waals surface area (Å²) in [6, 6.07) is 0. The van der Waals surface area contributed by atoms with Gasteiger partial charge in [0.15, 0.2) is 0 Å². The molecular weight excluding hydrogens is 128 g/mol. The third-order valence-electron chi connectivity index (χ3n) is 0.527. The molecule has 4 nitrogen and oxygen atoms in total. The molecule has 0 aliphatic heterocycles. The van der Waals surface area contributed by atoms with Gasteiger partial charge in [0.05, 0.1) is 7.11 Å². The van der Waals surface area contributed by atoms with E-state index in [-0.39, 0.29) is 5.17 Å². The van der Waals surface area contributed by atoms with Crippen LogP contribution in [0.3, 0.4) is 0 Å². The molecule has 0 aromatic carbocycles. The Hall–Kier alpha value is -0.390. The van der Waals surface area contributed by atoms with Crippen LogP contribution in [0.1, 0.15) is 0 Å². The van der Waals surface area contributed by atoms with Crippen molar-refractivity contribution in [1.29, 1.82) is 0 Å². The summed E-state index contributed by atoms with van der Waals surface area (Å²) in [6.07, 6.45) is 0. The normalized spacial score (nSPS) is 9.38. The summed E-state index contributed by atoms with van der Waals surface area (Å²) in [5.41, 5.74) is 2.29. The highest BCUT2D eigenvalue weighted by atomic mass is 32.1. The van der Waals surface area contributed by atoms with Gasteiger partial charge in [-0.2, -0.15) is 0 Å². The number of hydrogen-bond donors (Lipinski definition) is 2. The molecule has 0 atom stereocenters. The van der Waals surface area contributed by atoms with Crippen molar-refractivity contribution in [2.45, 2.75) is 0 Å². The first-order valence-electron chi connectivity index (χ1n) is 1.94. The number of aliphatic hydroxyl groups excluding tert-OH is 1. The maximum Gasteiger partial charge on any atom is 0.270 e. The topological polar surface area (TPSA) is 44.7 Å². The summed E-state index contributed by atoms with van der Waals surface area (Å²) < 4.78 is 0. The number of rotatable bonds is 2. The van der Waals surface area contributed by atoms with Crippen LogP contribution in [0, 0.1) is 0 Å². The number of aliphatic hydroxyl groups is 1. The number of nitrogens with zero attached hydrogens (tertiary/aromatic N) is 1. The van der Waals surface area contributed by atoms with Crippen LogP contribution in [0.25, 0.3) is 0 Å². The molecule has 2 N–H and O–H groups in total. The minimum absolute atomic E-state index is 0.311. The predicted octanol–water partition coefficient (Wildman–Crippen LogP) is -0.173. The Bertz CT molecular complexity index is 87.4. The van der Waals surface area contributed by atoms with E-state index in [0.29, 0.717) is 0 Å². The maximum absolute atomic E-state index is 8.35. The van der Waals surface area contributed by atoms with Crippen LogP contribution in [-0.4, -0.2) is 29.6 Å². The Morgan fingerprint density at radius 2 is 2.38 bits per heavy atom. The molecule has 0 unspecified atom stereocenters. The van der Waals surface area contributed by atoms with E-state index in [9.17, 15) is 0 Å². The largest absolute Gasteiger partial charge is 0.486 e. The van der Waals surface area contributed by atoms with E-state index in [2.05, 4.69) is 22.5 Å². The molecule has 0 spiro atoms. The van der Waals surface area contributed by atoms with Crippen molar-refractivity contribution in [1.82, 2.24) is 10.6 Å². The Morgan fingerprint density at radius 3 is 2.50 bits per heavy atom. The lowest BCUT2D eigenvalue weighted by atomic mass is 11.2. The van der Waals surface area contributed by atoms with Gasteiger partial charge in [0.1, 0.15) is 0 Å². The van der Waals surface area contributed by atoms with E-state index in [1.165, 1.54) is 12.3 Å². The van der Waals surface area contributed by atoms with Gasteiger partial charge in [-0.25, -0.2) is 0 Å². The molecule has 0 amide bonds. The molecule has 5 heteroatoms. The SMILES string of the molecule is CON(C)NC(O)=S. The first-order valence-corrected chi connectivity index (χ1v) is 2.35. The van der Waals surface area contributed by atoms with Crippen molar-refractivity contribution in [3.05, 3.63) is 0 Å². The summed E-state index contributed by atoms with van der Waals surface area (Å²) >= 11 is 4.26. The third-order valence-corrected chi connectivity index (χ3v) is 0.618.